The molecule has 3 amide bonds. The molecule has 1 aliphatic carbocycles. The molecular weight excluding hydrogens is 486 g/mol. The van der Waals surface area contributed by atoms with Crippen molar-refractivity contribution in [1.29, 1.82) is 0 Å². The summed E-state index contributed by atoms with van der Waals surface area (Å²) >= 11 is 1.43. The van der Waals surface area contributed by atoms with Gasteiger partial charge in [-0.3, -0.25) is 9.69 Å². The number of anilines is 2. The van der Waals surface area contributed by atoms with Crippen molar-refractivity contribution in [1.82, 2.24) is 20.9 Å². The van der Waals surface area contributed by atoms with Crippen LogP contribution in [0.5, 0.6) is 11.5 Å². The third kappa shape index (κ3) is 4.42. The number of carbonyl (C=O) groups excluding carboxylic acids is 2. The van der Waals surface area contributed by atoms with E-state index in [0.717, 1.165) is 52.5 Å². The van der Waals surface area contributed by atoms with E-state index in [1.165, 1.54) is 11.8 Å². The number of hydrogen-bond donors (Lipinski definition) is 3. The quantitative estimate of drug-likeness (QED) is 0.436. The molecule has 0 saturated heterocycles. The third-order valence-electron chi connectivity index (χ3n) is 7.34. The second-order valence-corrected chi connectivity index (χ2v) is 10.8. The van der Waals surface area contributed by atoms with E-state index in [4.69, 9.17) is 4.74 Å². The summed E-state index contributed by atoms with van der Waals surface area (Å²) in [4.78, 5) is 33.0. The van der Waals surface area contributed by atoms with Gasteiger partial charge in [-0.2, -0.15) is 0 Å². The van der Waals surface area contributed by atoms with E-state index in [1.807, 2.05) is 68.6 Å². The number of thioether (sulfide) groups is 1. The summed E-state index contributed by atoms with van der Waals surface area (Å²) < 4.78 is 5.97. The maximum Gasteiger partial charge on any atom is 0.327 e. The standard InChI is InChI=1S/C28H29N5O3S/c1-16-14-20(36-19-6-4-3-5-7-19)10-11-21(16)33-22-12-13-30-27-23(22)24(32-28(33)35)25(37-27)26(34)31-18-9-8-17(15-18)29-2/h3-7,10-14,17-18,24-25,29H,8-9,15H2,1-2H3,(H,31,34)(H,32,35)/t17?,18-,24?,25?/m0/s1. The van der Waals surface area contributed by atoms with Crippen molar-refractivity contribution in [3.8, 4) is 11.5 Å². The fourth-order valence-corrected chi connectivity index (χ4v) is 6.73. The lowest BCUT2D eigenvalue weighted by Crippen LogP contribution is -2.50. The van der Waals surface area contributed by atoms with Crippen LogP contribution in [-0.2, 0) is 4.79 Å². The molecule has 2 aromatic carbocycles. The molecule has 2 aliphatic heterocycles. The monoisotopic (exact) mass is 515 g/mol. The maximum absolute atomic E-state index is 13.5. The van der Waals surface area contributed by atoms with Crippen LogP contribution in [0.3, 0.4) is 0 Å². The number of ether oxygens (including phenoxy) is 1. The normalized spacial score (nSPS) is 23.9. The number of carbonyl (C=O) groups is 2. The molecule has 0 radical (unpaired) electrons. The zero-order chi connectivity index (χ0) is 25.5. The Morgan fingerprint density at radius 3 is 2.65 bits per heavy atom. The molecule has 0 spiro atoms. The van der Waals surface area contributed by atoms with Gasteiger partial charge in [0.15, 0.2) is 0 Å². The molecule has 8 nitrogen and oxygen atoms in total. The van der Waals surface area contributed by atoms with Crippen molar-refractivity contribution in [2.24, 2.45) is 0 Å². The first kappa shape index (κ1) is 23.8. The molecule has 3 N–H and O–H groups in total. The zero-order valence-corrected chi connectivity index (χ0v) is 21.5. The summed E-state index contributed by atoms with van der Waals surface area (Å²) in [5.74, 6) is 1.40. The highest BCUT2D eigenvalue weighted by Crippen LogP contribution is 2.51. The average molecular weight is 516 g/mol. The molecule has 1 aromatic heterocycles. The van der Waals surface area contributed by atoms with Gasteiger partial charge in [0.2, 0.25) is 5.91 Å². The molecule has 37 heavy (non-hydrogen) atoms. The molecule has 9 heteroatoms. The predicted octanol–water partition coefficient (Wildman–Crippen LogP) is 4.82. The van der Waals surface area contributed by atoms with Crippen LogP contribution in [0.2, 0.25) is 0 Å². The van der Waals surface area contributed by atoms with Crippen LogP contribution in [0.15, 0.2) is 65.8 Å². The van der Waals surface area contributed by atoms with Gasteiger partial charge >= 0.3 is 6.03 Å². The van der Waals surface area contributed by atoms with E-state index >= 15 is 0 Å². The van der Waals surface area contributed by atoms with Crippen LogP contribution in [0, 0.1) is 6.92 Å². The van der Waals surface area contributed by atoms with E-state index in [9.17, 15) is 9.59 Å². The van der Waals surface area contributed by atoms with Gasteiger partial charge in [-0.05, 0) is 75.2 Å². The lowest BCUT2D eigenvalue weighted by molar-refractivity contribution is -0.121. The maximum atomic E-state index is 13.5. The Bertz CT molecular complexity index is 1350. The fourth-order valence-electron chi connectivity index (χ4n) is 5.49. The van der Waals surface area contributed by atoms with E-state index in [-0.39, 0.29) is 18.0 Å². The third-order valence-corrected chi connectivity index (χ3v) is 8.63. The molecule has 6 rings (SSSR count). The predicted molar refractivity (Wildman–Crippen MR) is 144 cm³/mol. The number of pyridine rings is 1. The minimum Gasteiger partial charge on any atom is -0.457 e. The SMILES string of the molecule is CNC1CC[C@H](NC(=O)C2Sc3nccc4c3C2NC(=O)N4c2ccc(Oc3ccccc3)cc2C)C1. The Kier molecular flexibility index (Phi) is 6.26. The second-order valence-electron chi connectivity index (χ2n) is 9.72. The van der Waals surface area contributed by atoms with Gasteiger partial charge in [0.1, 0.15) is 21.8 Å². The van der Waals surface area contributed by atoms with Gasteiger partial charge in [0, 0.05) is 23.8 Å². The van der Waals surface area contributed by atoms with Gasteiger partial charge in [-0.25, -0.2) is 9.78 Å². The second kappa shape index (κ2) is 9.72. The summed E-state index contributed by atoms with van der Waals surface area (Å²) in [6, 6.07) is 17.0. The summed E-state index contributed by atoms with van der Waals surface area (Å²) in [6.07, 6.45) is 4.64. The Hall–Kier alpha value is -3.56. The van der Waals surface area contributed by atoms with Crippen molar-refractivity contribution >= 4 is 35.1 Å². The lowest BCUT2D eigenvalue weighted by Gasteiger charge is -2.35. The largest absolute Gasteiger partial charge is 0.457 e. The number of aryl methyl sites for hydroxylation is 1. The number of urea groups is 1. The minimum absolute atomic E-state index is 0.0481. The number of para-hydroxylation sites is 1. The van der Waals surface area contributed by atoms with Gasteiger partial charge in [-0.1, -0.05) is 30.0 Å². The number of nitrogens with one attached hydrogen (secondary N) is 3. The van der Waals surface area contributed by atoms with E-state index < -0.39 is 11.3 Å². The zero-order valence-electron chi connectivity index (χ0n) is 20.7. The first-order valence-corrected chi connectivity index (χ1v) is 13.5. The molecule has 1 saturated carbocycles. The van der Waals surface area contributed by atoms with Gasteiger partial charge in [0.25, 0.3) is 0 Å². The molecule has 3 aliphatic rings. The lowest BCUT2D eigenvalue weighted by atomic mass is 9.99. The van der Waals surface area contributed by atoms with Crippen LogP contribution < -0.4 is 25.6 Å². The number of hydrogen-bond acceptors (Lipinski definition) is 6. The molecule has 190 valence electrons. The van der Waals surface area contributed by atoms with Crippen LogP contribution in [-0.4, -0.2) is 41.3 Å². The highest BCUT2D eigenvalue weighted by Gasteiger charge is 2.47. The topological polar surface area (TPSA) is 95.6 Å². The number of benzene rings is 2. The van der Waals surface area contributed by atoms with E-state index in [2.05, 4.69) is 20.9 Å². The highest BCUT2D eigenvalue weighted by molar-refractivity contribution is 8.01. The van der Waals surface area contributed by atoms with E-state index in [0.29, 0.717) is 11.8 Å². The number of aromatic nitrogens is 1. The Labute approximate surface area is 220 Å². The summed E-state index contributed by atoms with van der Waals surface area (Å²) in [7, 11) is 1.96. The summed E-state index contributed by atoms with van der Waals surface area (Å²) in [5, 5.41) is 9.95. The Balaban J connectivity index is 1.25. The number of amides is 3. The van der Waals surface area contributed by atoms with Gasteiger partial charge < -0.3 is 20.7 Å². The van der Waals surface area contributed by atoms with Crippen molar-refractivity contribution < 1.29 is 14.3 Å². The first-order chi connectivity index (χ1) is 18.0. The van der Waals surface area contributed by atoms with Crippen LogP contribution in [0.25, 0.3) is 0 Å². The van der Waals surface area contributed by atoms with Gasteiger partial charge in [-0.15, -0.1) is 0 Å². The van der Waals surface area contributed by atoms with Crippen LogP contribution in [0.4, 0.5) is 16.2 Å². The molecule has 3 aromatic rings. The molecule has 3 unspecified atom stereocenters. The summed E-state index contributed by atoms with van der Waals surface area (Å²) in [6.45, 7) is 1.96. The summed E-state index contributed by atoms with van der Waals surface area (Å²) in [5.41, 5.74) is 3.31. The van der Waals surface area contributed by atoms with E-state index in [1.54, 1.807) is 11.1 Å². The molecule has 4 atom stereocenters. The van der Waals surface area contributed by atoms with Crippen LogP contribution in [0.1, 0.15) is 36.4 Å². The number of rotatable bonds is 6. The average Bonchev–Trinajstić information content (AvgIpc) is 3.51. The van der Waals surface area contributed by atoms with Crippen LogP contribution >= 0.6 is 11.8 Å². The van der Waals surface area contributed by atoms with Gasteiger partial charge in [0.05, 0.1) is 17.4 Å². The number of nitrogens with zero attached hydrogens (tertiary/aromatic N) is 2. The van der Waals surface area contributed by atoms with Crippen molar-refractivity contribution in [3.63, 3.8) is 0 Å². The van der Waals surface area contributed by atoms with Crippen molar-refractivity contribution in [3.05, 3.63) is 71.9 Å². The Morgan fingerprint density at radius 2 is 1.89 bits per heavy atom. The molecular formula is C28H29N5O3S. The first-order valence-electron chi connectivity index (χ1n) is 12.6. The fraction of sp³-hybridized carbons (Fsp3) is 0.321. The molecule has 0 bridgehead atoms. The molecule has 1 fully saturated rings. The Morgan fingerprint density at radius 1 is 1.08 bits per heavy atom. The van der Waals surface area contributed by atoms with Crippen molar-refractivity contribution in [2.75, 3.05) is 11.9 Å². The smallest absolute Gasteiger partial charge is 0.327 e. The minimum atomic E-state index is -0.453. The molecule has 3 heterocycles. The van der Waals surface area contributed by atoms with Crippen molar-refractivity contribution in [2.45, 2.75) is 54.6 Å². The highest BCUT2D eigenvalue weighted by atomic mass is 32.2.